The van der Waals surface area contributed by atoms with Crippen molar-refractivity contribution in [2.75, 3.05) is 10.5 Å². The molecule has 1 heterocycles. The number of nitrogens with two attached hydrogens (primary N) is 1. The molecule has 0 saturated heterocycles. The predicted molar refractivity (Wildman–Crippen MR) is 74.0 cm³/mol. The molecule has 3 N–H and O–H groups in total. The molecule has 96 valence electrons. The number of rotatable bonds is 4. The molecule has 0 fully saturated rings. The van der Waals surface area contributed by atoms with Crippen LogP contribution in [0.25, 0.3) is 0 Å². The van der Waals surface area contributed by atoms with Crippen molar-refractivity contribution in [3.63, 3.8) is 0 Å². The van der Waals surface area contributed by atoms with E-state index in [1.165, 1.54) is 11.3 Å². The molecule has 0 atom stereocenters. The fourth-order valence-corrected chi connectivity index (χ4v) is 3.60. The van der Waals surface area contributed by atoms with E-state index in [-0.39, 0.29) is 5.75 Å². The number of hydrogen-bond acceptors (Lipinski definition) is 5. The maximum atomic E-state index is 11.9. The second-order valence-electron chi connectivity index (χ2n) is 3.85. The molecule has 18 heavy (non-hydrogen) atoms. The first-order valence-electron chi connectivity index (χ1n) is 5.22. The van der Waals surface area contributed by atoms with Crippen molar-refractivity contribution in [1.82, 2.24) is 4.98 Å². The van der Waals surface area contributed by atoms with Crippen molar-refractivity contribution < 1.29 is 8.42 Å². The molecule has 0 spiro atoms. The summed E-state index contributed by atoms with van der Waals surface area (Å²) in [5.74, 6) is -0.154. The summed E-state index contributed by atoms with van der Waals surface area (Å²) in [7, 11) is -3.48. The van der Waals surface area contributed by atoms with Gasteiger partial charge in [-0.15, -0.1) is 11.3 Å². The van der Waals surface area contributed by atoms with Crippen LogP contribution in [0.15, 0.2) is 29.6 Å². The van der Waals surface area contributed by atoms with Gasteiger partial charge in [-0.25, -0.2) is 13.4 Å². The Morgan fingerprint density at radius 2 is 2.11 bits per heavy atom. The lowest BCUT2D eigenvalue weighted by atomic mass is 10.2. The highest BCUT2D eigenvalue weighted by atomic mass is 32.2. The topological polar surface area (TPSA) is 85.1 Å². The first-order valence-corrected chi connectivity index (χ1v) is 7.75. The smallest absolute Gasteiger partial charge is 0.238 e. The maximum absolute atomic E-state index is 11.9. The van der Waals surface area contributed by atoms with Crippen LogP contribution in [0.4, 0.5) is 10.8 Å². The minimum atomic E-state index is -3.48. The number of hydrogen-bond donors (Lipinski definition) is 2. The highest BCUT2D eigenvalue weighted by Crippen LogP contribution is 2.19. The molecule has 2 aromatic rings. The number of sulfonamides is 1. The summed E-state index contributed by atoms with van der Waals surface area (Å²) in [6, 6.07) is 6.90. The summed E-state index contributed by atoms with van der Waals surface area (Å²) in [6.07, 6.45) is 0. The number of nitrogen functional groups attached to an aromatic ring is 1. The molecule has 1 aromatic heterocycles. The zero-order valence-corrected chi connectivity index (χ0v) is 11.4. The first-order chi connectivity index (χ1) is 8.46. The van der Waals surface area contributed by atoms with Gasteiger partial charge < -0.3 is 5.73 Å². The third kappa shape index (κ3) is 3.21. The molecule has 7 heteroatoms. The van der Waals surface area contributed by atoms with E-state index < -0.39 is 10.0 Å². The van der Waals surface area contributed by atoms with Crippen LogP contribution in [0.1, 0.15) is 11.3 Å². The molecule has 0 bridgehead atoms. The van der Waals surface area contributed by atoms with Crippen LogP contribution in [0.5, 0.6) is 0 Å². The molecular weight excluding hydrogens is 270 g/mol. The van der Waals surface area contributed by atoms with Gasteiger partial charge in [0.1, 0.15) is 0 Å². The van der Waals surface area contributed by atoms with Crippen LogP contribution < -0.4 is 10.5 Å². The number of para-hydroxylation sites is 1. The normalized spacial score (nSPS) is 11.4. The van der Waals surface area contributed by atoms with Crippen molar-refractivity contribution in [3.05, 3.63) is 40.9 Å². The average molecular weight is 283 g/mol. The van der Waals surface area contributed by atoms with E-state index in [2.05, 4.69) is 9.71 Å². The molecule has 5 nitrogen and oxygen atoms in total. The van der Waals surface area contributed by atoms with E-state index in [0.717, 1.165) is 5.69 Å². The summed E-state index contributed by atoms with van der Waals surface area (Å²) in [5, 5.41) is 2.16. The quantitative estimate of drug-likeness (QED) is 0.840. The van der Waals surface area contributed by atoms with Gasteiger partial charge >= 0.3 is 0 Å². The Kier molecular flexibility index (Phi) is 3.53. The number of aryl methyl sites for hydroxylation is 1. The number of nitrogens with zero attached hydrogens (tertiary/aromatic N) is 1. The van der Waals surface area contributed by atoms with E-state index in [4.69, 9.17) is 5.73 Å². The Morgan fingerprint density at radius 1 is 1.39 bits per heavy atom. The van der Waals surface area contributed by atoms with Gasteiger partial charge in [0.15, 0.2) is 5.13 Å². The van der Waals surface area contributed by atoms with Crippen LogP contribution in [-0.4, -0.2) is 13.4 Å². The zero-order chi connectivity index (χ0) is 13.2. The highest BCUT2D eigenvalue weighted by molar-refractivity contribution is 7.92. The number of anilines is 2. The lowest BCUT2D eigenvalue weighted by Crippen LogP contribution is -2.15. The lowest BCUT2D eigenvalue weighted by molar-refractivity contribution is 0.600. The average Bonchev–Trinajstić information content (AvgIpc) is 2.66. The van der Waals surface area contributed by atoms with Gasteiger partial charge in [0.05, 0.1) is 11.4 Å². The van der Waals surface area contributed by atoms with Crippen LogP contribution in [-0.2, 0) is 15.8 Å². The Morgan fingerprint density at radius 3 is 2.72 bits per heavy atom. The standard InChI is InChI=1S/C11H13N3O2S2/c1-8-6-17-11(13-8)14-18(15,16)7-9-4-2-3-5-10(9)12/h2-6H,7,12H2,1H3,(H,13,14). The Hall–Kier alpha value is -1.60. The van der Waals surface area contributed by atoms with Crippen molar-refractivity contribution >= 4 is 32.2 Å². The third-order valence-electron chi connectivity index (χ3n) is 2.26. The van der Waals surface area contributed by atoms with E-state index in [9.17, 15) is 8.42 Å². The van der Waals surface area contributed by atoms with Crippen molar-refractivity contribution in [1.29, 1.82) is 0 Å². The van der Waals surface area contributed by atoms with Gasteiger partial charge in [-0.2, -0.15) is 0 Å². The Bertz CT molecular complexity index is 650. The molecule has 0 aliphatic carbocycles. The monoisotopic (exact) mass is 283 g/mol. The molecular formula is C11H13N3O2S2. The minimum Gasteiger partial charge on any atom is -0.398 e. The molecule has 0 aliphatic rings. The second kappa shape index (κ2) is 4.95. The molecule has 0 amide bonds. The maximum Gasteiger partial charge on any atom is 0.238 e. The fraction of sp³-hybridized carbons (Fsp3) is 0.182. The van der Waals surface area contributed by atoms with Crippen molar-refractivity contribution in [2.45, 2.75) is 12.7 Å². The lowest BCUT2D eigenvalue weighted by Gasteiger charge is -2.07. The van der Waals surface area contributed by atoms with Gasteiger partial charge in [-0.1, -0.05) is 18.2 Å². The molecule has 0 unspecified atom stereocenters. The van der Waals surface area contributed by atoms with Crippen LogP contribution in [0.2, 0.25) is 0 Å². The Labute approximate surface area is 110 Å². The van der Waals surface area contributed by atoms with E-state index >= 15 is 0 Å². The second-order valence-corrected chi connectivity index (χ2v) is 6.43. The fourth-order valence-electron chi connectivity index (χ4n) is 1.44. The summed E-state index contributed by atoms with van der Waals surface area (Å²) in [6.45, 7) is 1.81. The van der Waals surface area contributed by atoms with Crippen LogP contribution >= 0.6 is 11.3 Å². The number of benzene rings is 1. The molecule has 2 rings (SSSR count). The van der Waals surface area contributed by atoms with E-state index in [1.807, 2.05) is 6.92 Å². The summed E-state index contributed by atoms with van der Waals surface area (Å²) >= 11 is 1.26. The number of thiazole rings is 1. The molecule has 1 aromatic carbocycles. The predicted octanol–water partition coefficient (Wildman–Crippen LogP) is 1.98. The molecule has 0 saturated carbocycles. The largest absolute Gasteiger partial charge is 0.398 e. The third-order valence-corrected chi connectivity index (χ3v) is 4.46. The van der Waals surface area contributed by atoms with Crippen LogP contribution in [0, 0.1) is 6.92 Å². The molecule has 0 radical (unpaired) electrons. The minimum absolute atomic E-state index is 0.154. The van der Waals surface area contributed by atoms with Crippen molar-refractivity contribution in [3.8, 4) is 0 Å². The number of aromatic nitrogens is 1. The summed E-state index contributed by atoms with van der Waals surface area (Å²) in [5.41, 5.74) is 7.56. The van der Waals surface area contributed by atoms with Gasteiger partial charge in [0.25, 0.3) is 0 Å². The highest BCUT2D eigenvalue weighted by Gasteiger charge is 2.14. The Balaban J connectivity index is 2.15. The zero-order valence-electron chi connectivity index (χ0n) is 9.75. The summed E-state index contributed by atoms with van der Waals surface area (Å²) in [4.78, 5) is 4.06. The van der Waals surface area contributed by atoms with Gasteiger partial charge in [-0.3, -0.25) is 4.72 Å². The number of nitrogens with one attached hydrogen (secondary N) is 1. The van der Waals surface area contributed by atoms with Gasteiger partial charge in [0.2, 0.25) is 10.0 Å². The first kappa shape index (κ1) is 12.8. The molecule has 0 aliphatic heterocycles. The van der Waals surface area contributed by atoms with Gasteiger partial charge in [-0.05, 0) is 18.6 Å². The summed E-state index contributed by atoms with van der Waals surface area (Å²) < 4.78 is 26.3. The SMILES string of the molecule is Cc1csc(NS(=O)(=O)Cc2ccccc2N)n1. The van der Waals surface area contributed by atoms with Crippen LogP contribution in [0.3, 0.4) is 0 Å². The van der Waals surface area contributed by atoms with E-state index in [0.29, 0.717) is 16.4 Å². The van der Waals surface area contributed by atoms with E-state index in [1.54, 1.807) is 29.6 Å². The van der Waals surface area contributed by atoms with Crippen molar-refractivity contribution in [2.24, 2.45) is 0 Å². The van der Waals surface area contributed by atoms with Gasteiger partial charge in [0, 0.05) is 11.1 Å².